The molecule has 0 spiro atoms. The predicted molar refractivity (Wildman–Crippen MR) is 86.7 cm³/mol. The van der Waals surface area contributed by atoms with E-state index in [4.69, 9.17) is 19.3 Å². The summed E-state index contributed by atoms with van der Waals surface area (Å²) in [5, 5.41) is 11.7. The summed E-state index contributed by atoms with van der Waals surface area (Å²) < 4.78 is 16.0. The van der Waals surface area contributed by atoms with Crippen molar-refractivity contribution in [2.75, 3.05) is 21.3 Å². The largest absolute Gasteiger partial charge is 0.493 e. The topological polar surface area (TPSA) is 94.1 Å². The van der Waals surface area contributed by atoms with Gasteiger partial charge in [-0.2, -0.15) is 0 Å². The standard InChI is InChI=1S/C17H23NO6/c1-22-13-6-4-10(15(23-2)16(13)24-3)5-7-14(19)18-12-8-11(9-12)17(20)21/h4,6,11-12H,5,7-9H2,1-3H3,(H,18,19)(H,20,21). The monoisotopic (exact) mass is 337 g/mol. The van der Waals surface area contributed by atoms with Crippen molar-refractivity contribution in [1.82, 2.24) is 5.32 Å². The van der Waals surface area contributed by atoms with E-state index in [2.05, 4.69) is 5.32 Å². The van der Waals surface area contributed by atoms with Gasteiger partial charge in [0, 0.05) is 12.5 Å². The van der Waals surface area contributed by atoms with E-state index in [0.29, 0.717) is 42.9 Å². The average molecular weight is 337 g/mol. The van der Waals surface area contributed by atoms with Crippen molar-refractivity contribution in [1.29, 1.82) is 0 Å². The molecule has 1 aliphatic rings. The Kier molecular flexibility index (Phi) is 5.89. The third-order valence-corrected chi connectivity index (χ3v) is 4.26. The van der Waals surface area contributed by atoms with Gasteiger partial charge >= 0.3 is 5.97 Å². The summed E-state index contributed by atoms with van der Waals surface area (Å²) in [4.78, 5) is 22.8. The summed E-state index contributed by atoms with van der Waals surface area (Å²) in [5.74, 6) is 0.398. The fraction of sp³-hybridized carbons (Fsp3) is 0.529. The number of carbonyl (C=O) groups excluding carboxylic acids is 1. The second kappa shape index (κ2) is 7.90. The van der Waals surface area contributed by atoms with Crippen molar-refractivity contribution in [2.24, 2.45) is 5.92 Å². The quantitative estimate of drug-likeness (QED) is 0.749. The highest BCUT2D eigenvalue weighted by molar-refractivity contribution is 5.78. The normalized spacial score (nSPS) is 19.1. The number of aryl methyl sites for hydroxylation is 1. The Hall–Kier alpha value is -2.44. The van der Waals surface area contributed by atoms with E-state index >= 15 is 0 Å². The number of rotatable bonds is 8. The molecule has 0 unspecified atom stereocenters. The molecule has 1 aromatic rings. The number of hydrogen-bond acceptors (Lipinski definition) is 5. The lowest BCUT2D eigenvalue weighted by atomic mass is 9.80. The first-order valence-electron chi connectivity index (χ1n) is 7.80. The highest BCUT2D eigenvalue weighted by Crippen LogP contribution is 2.40. The maximum Gasteiger partial charge on any atom is 0.306 e. The van der Waals surface area contributed by atoms with Crippen molar-refractivity contribution >= 4 is 11.9 Å². The molecule has 7 nitrogen and oxygen atoms in total. The number of carboxylic acids is 1. The summed E-state index contributed by atoms with van der Waals surface area (Å²) >= 11 is 0. The summed E-state index contributed by atoms with van der Waals surface area (Å²) in [6, 6.07) is 3.58. The van der Waals surface area contributed by atoms with Gasteiger partial charge in [-0.1, -0.05) is 6.07 Å². The Morgan fingerprint density at radius 3 is 2.33 bits per heavy atom. The first kappa shape index (κ1) is 17.9. The van der Waals surface area contributed by atoms with E-state index in [0.717, 1.165) is 5.56 Å². The SMILES string of the molecule is COc1ccc(CCC(=O)NC2CC(C(=O)O)C2)c(OC)c1OC. The van der Waals surface area contributed by atoms with Crippen LogP contribution in [0.4, 0.5) is 0 Å². The van der Waals surface area contributed by atoms with Crippen LogP contribution in [0.3, 0.4) is 0 Å². The molecule has 7 heteroatoms. The Morgan fingerprint density at radius 1 is 1.12 bits per heavy atom. The number of hydrogen-bond donors (Lipinski definition) is 2. The number of carbonyl (C=O) groups is 2. The van der Waals surface area contributed by atoms with E-state index in [1.165, 1.54) is 7.11 Å². The van der Waals surface area contributed by atoms with Gasteiger partial charge in [-0.25, -0.2) is 0 Å². The van der Waals surface area contributed by atoms with Crippen molar-refractivity contribution in [2.45, 2.75) is 31.7 Å². The third kappa shape index (κ3) is 3.90. The molecular formula is C17H23NO6. The molecule has 0 bridgehead atoms. The number of ether oxygens (including phenoxy) is 3. The number of carboxylic acid groups (broad SMARTS) is 1. The minimum absolute atomic E-state index is 0.0362. The molecule has 0 radical (unpaired) electrons. The molecule has 1 saturated carbocycles. The van der Waals surface area contributed by atoms with Crippen LogP contribution in [-0.2, 0) is 16.0 Å². The number of aliphatic carboxylic acids is 1. The summed E-state index contributed by atoms with van der Waals surface area (Å²) in [6.45, 7) is 0. The van der Waals surface area contributed by atoms with E-state index in [9.17, 15) is 9.59 Å². The van der Waals surface area contributed by atoms with Gasteiger partial charge in [0.2, 0.25) is 11.7 Å². The van der Waals surface area contributed by atoms with Gasteiger partial charge in [0.15, 0.2) is 11.5 Å². The number of nitrogens with one attached hydrogen (secondary N) is 1. The number of benzene rings is 1. The number of amides is 1. The molecule has 0 heterocycles. The maximum atomic E-state index is 12.0. The van der Waals surface area contributed by atoms with Gasteiger partial charge in [-0.05, 0) is 30.9 Å². The lowest BCUT2D eigenvalue weighted by Crippen LogP contribution is -2.46. The summed E-state index contributed by atoms with van der Waals surface area (Å²) in [7, 11) is 4.63. The maximum absolute atomic E-state index is 12.0. The van der Waals surface area contributed by atoms with Gasteiger partial charge in [-0.3, -0.25) is 9.59 Å². The van der Waals surface area contributed by atoms with E-state index in [1.807, 2.05) is 6.07 Å². The van der Waals surface area contributed by atoms with Crippen LogP contribution < -0.4 is 19.5 Å². The average Bonchev–Trinajstić information content (AvgIpc) is 2.54. The zero-order valence-corrected chi connectivity index (χ0v) is 14.1. The molecule has 0 atom stereocenters. The Balaban J connectivity index is 1.92. The third-order valence-electron chi connectivity index (χ3n) is 4.26. The minimum Gasteiger partial charge on any atom is -0.493 e. The molecule has 132 valence electrons. The second-order valence-corrected chi connectivity index (χ2v) is 5.76. The van der Waals surface area contributed by atoms with Crippen LogP contribution in [0.15, 0.2) is 12.1 Å². The van der Waals surface area contributed by atoms with Gasteiger partial charge in [0.05, 0.1) is 27.2 Å². The lowest BCUT2D eigenvalue weighted by Gasteiger charge is -2.32. The Bertz CT molecular complexity index is 609. The van der Waals surface area contributed by atoms with Gasteiger partial charge in [0.1, 0.15) is 0 Å². The second-order valence-electron chi connectivity index (χ2n) is 5.76. The van der Waals surface area contributed by atoms with Gasteiger partial charge in [0.25, 0.3) is 0 Å². The van der Waals surface area contributed by atoms with E-state index in [-0.39, 0.29) is 17.9 Å². The zero-order chi connectivity index (χ0) is 17.7. The highest BCUT2D eigenvalue weighted by atomic mass is 16.5. The Labute approximate surface area is 140 Å². The zero-order valence-electron chi connectivity index (χ0n) is 14.1. The first-order valence-corrected chi connectivity index (χ1v) is 7.80. The molecule has 0 aromatic heterocycles. The van der Waals surface area contributed by atoms with E-state index < -0.39 is 5.97 Å². The van der Waals surface area contributed by atoms with Crippen LogP contribution in [0.5, 0.6) is 17.2 Å². The smallest absolute Gasteiger partial charge is 0.306 e. The molecule has 0 aliphatic heterocycles. The molecule has 2 rings (SSSR count). The highest BCUT2D eigenvalue weighted by Gasteiger charge is 2.35. The van der Waals surface area contributed by atoms with Crippen LogP contribution in [-0.4, -0.2) is 44.4 Å². The molecule has 1 aliphatic carbocycles. The number of methoxy groups -OCH3 is 3. The molecule has 1 amide bonds. The van der Waals surface area contributed by atoms with Crippen LogP contribution in [0.1, 0.15) is 24.8 Å². The predicted octanol–water partition coefficient (Wildman–Crippen LogP) is 1.62. The van der Waals surface area contributed by atoms with Crippen LogP contribution >= 0.6 is 0 Å². The van der Waals surface area contributed by atoms with Crippen LogP contribution in [0.25, 0.3) is 0 Å². The van der Waals surface area contributed by atoms with E-state index in [1.54, 1.807) is 20.3 Å². The fourth-order valence-corrected chi connectivity index (χ4v) is 2.85. The van der Waals surface area contributed by atoms with Gasteiger partial charge in [-0.15, -0.1) is 0 Å². The van der Waals surface area contributed by atoms with Crippen LogP contribution in [0, 0.1) is 5.92 Å². The van der Waals surface area contributed by atoms with Crippen molar-refractivity contribution in [3.63, 3.8) is 0 Å². The first-order chi connectivity index (χ1) is 11.5. The summed E-state index contributed by atoms with van der Waals surface area (Å²) in [6.07, 6.45) is 1.78. The fourth-order valence-electron chi connectivity index (χ4n) is 2.85. The molecule has 0 saturated heterocycles. The molecule has 24 heavy (non-hydrogen) atoms. The van der Waals surface area contributed by atoms with Crippen molar-refractivity contribution in [3.8, 4) is 17.2 Å². The minimum atomic E-state index is -0.796. The molecule has 2 N–H and O–H groups in total. The lowest BCUT2D eigenvalue weighted by molar-refractivity contribution is -0.146. The Morgan fingerprint density at radius 2 is 1.79 bits per heavy atom. The molecule has 1 aromatic carbocycles. The summed E-state index contributed by atoms with van der Waals surface area (Å²) in [5.41, 5.74) is 0.849. The van der Waals surface area contributed by atoms with Crippen molar-refractivity contribution < 1.29 is 28.9 Å². The van der Waals surface area contributed by atoms with Crippen molar-refractivity contribution in [3.05, 3.63) is 17.7 Å². The molecule has 1 fully saturated rings. The molecular weight excluding hydrogens is 314 g/mol. The van der Waals surface area contributed by atoms with Crippen LogP contribution in [0.2, 0.25) is 0 Å². The van der Waals surface area contributed by atoms with Gasteiger partial charge < -0.3 is 24.6 Å².